The second-order valence-corrected chi connectivity index (χ2v) is 7.81. The van der Waals surface area contributed by atoms with E-state index in [9.17, 15) is 4.79 Å². The van der Waals surface area contributed by atoms with Crippen LogP contribution in [0.3, 0.4) is 0 Å². The fourth-order valence-corrected chi connectivity index (χ4v) is 4.43. The Kier molecular flexibility index (Phi) is 5.09. The standard InChI is InChI=1S/C22H29N3O/c1-24(18-11-4-2-3-5-12-18)22(26)19-16-17-10-6-7-13-20(17)23-21(19)25-14-8-9-15-25/h6-7,10,13,16,18H,2-5,8-9,11-12,14-15H2,1H3. The van der Waals surface area contributed by atoms with E-state index in [1.54, 1.807) is 0 Å². The lowest BCUT2D eigenvalue weighted by atomic mass is 10.1. The van der Waals surface area contributed by atoms with Gasteiger partial charge in [0.1, 0.15) is 5.82 Å². The van der Waals surface area contributed by atoms with Gasteiger partial charge in [0.25, 0.3) is 5.91 Å². The molecule has 1 saturated heterocycles. The van der Waals surface area contributed by atoms with Gasteiger partial charge in [-0.15, -0.1) is 0 Å². The summed E-state index contributed by atoms with van der Waals surface area (Å²) in [5, 5.41) is 1.05. The number of nitrogens with zero attached hydrogens (tertiary/aromatic N) is 3. The van der Waals surface area contributed by atoms with Crippen LogP contribution in [-0.2, 0) is 0 Å². The number of hydrogen-bond donors (Lipinski definition) is 0. The van der Waals surface area contributed by atoms with E-state index in [0.717, 1.165) is 48.2 Å². The van der Waals surface area contributed by atoms with Gasteiger partial charge in [-0.3, -0.25) is 4.79 Å². The number of aromatic nitrogens is 1. The molecule has 1 aromatic carbocycles. The van der Waals surface area contributed by atoms with Crippen LogP contribution in [-0.4, -0.2) is 42.0 Å². The van der Waals surface area contributed by atoms with E-state index < -0.39 is 0 Å². The number of anilines is 1. The zero-order chi connectivity index (χ0) is 17.9. The molecule has 4 rings (SSSR count). The Balaban J connectivity index is 1.70. The van der Waals surface area contributed by atoms with Crippen molar-refractivity contribution in [2.45, 2.75) is 57.4 Å². The predicted octanol–water partition coefficient (Wildman–Crippen LogP) is 4.63. The van der Waals surface area contributed by atoms with E-state index >= 15 is 0 Å². The molecule has 1 aromatic heterocycles. The van der Waals surface area contributed by atoms with Gasteiger partial charge >= 0.3 is 0 Å². The van der Waals surface area contributed by atoms with E-state index in [-0.39, 0.29) is 5.91 Å². The molecule has 1 amide bonds. The summed E-state index contributed by atoms with van der Waals surface area (Å²) in [6, 6.07) is 10.6. The summed E-state index contributed by atoms with van der Waals surface area (Å²) in [4.78, 5) is 22.6. The molecule has 0 bridgehead atoms. The van der Waals surface area contributed by atoms with Gasteiger partial charge < -0.3 is 9.80 Å². The van der Waals surface area contributed by atoms with Crippen LogP contribution >= 0.6 is 0 Å². The maximum atomic E-state index is 13.4. The SMILES string of the molecule is CN(C(=O)c1cc2ccccc2nc1N1CCCC1)C1CCCCCC1. The van der Waals surface area contributed by atoms with Crippen LogP contribution in [0.25, 0.3) is 10.9 Å². The van der Waals surface area contributed by atoms with Crippen molar-refractivity contribution >= 4 is 22.6 Å². The molecule has 0 N–H and O–H groups in total. The third kappa shape index (κ3) is 3.42. The largest absolute Gasteiger partial charge is 0.356 e. The van der Waals surface area contributed by atoms with E-state index in [2.05, 4.69) is 17.0 Å². The van der Waals surface area contributed by atoms with E-state index in [1.807, 2.05) is 30.1 Å². The van der Waals surface area contributed by atoms with Crippen molar-refractivity contribution in [2.24, 2.45) is 0 Å². The average Bonchev–Trinajstić information content (AvgIpc) is 3.08. The van der Waals surface area contributed by atoms with Gasteiger partial charge in [0.05, 0.1) is 11.1 Å². The molecule has 1 aliphatic carbocycles. The van der Waals surface area contributed by atoms with Crippen molar-refractivity contribution in [1.29, 1.82) is 0 Å². The number of amides is 1. The van der Waals surface area contributed by atoms with Crippen LogP contribution in [0.2, 0.25) is 0 Å². The molecular formula is C22H29N3O. The normalized spacial score (nSPS) is 18.9. The molecule has 1 aliphatic heterocycles. The van der Waals surface area contributed by atoms with Gasteiger partial charge in [0.15, 0.2) is 0 Å². The molecule has 1 saturated carbocycles. The van der Waals surface area contributed by atoms with Crippen molar-refractivity contribution in [2.75, 3.05) is 25.0 Å². The predicted molar refractivity (Wildman–Crippen MR) is 107 cm³/mol. The molecule has 2 aromatic rings. The monoisotopic (exact) mass is 351 g/mol. The minimum atomic E-state index is 0.136. The first kappa shape index (κ1) is 17.3. The van der Waals surface area contributed by atoms with Crippen molar-refractivity contribution in [3.05, 3.63) is 35.9 Å². The number of carbonyl (C=O) groups excluding carboxylic acids is 1. The Morgan fingerprint density at radius 3 is 2.46 bits per heavy atom. The minimum absolute atomic E-state index is 0.136. The molecule has 0 atom stereocenters. The first-order chi connectivity index (χ1) is 12.7. The summed E-state index contributed by atoms with van der Waals surface area (Å²) < 4.78 is 0. The first-order valence-electron chi connectivity index (χ1n) is 10.2. The molecule has 0 radical (unpaired) electrons. The first-order valence-corrected chi connectivity index (χ1v) is 10.2. The molecule has 4 heteroatoms. The fraction of sp³-hybridized carbons (Fsp3) is 0.545. The van der Waals surface area contributed by atoms with Gasteiger partial charge in [-0.2, -0.15) is 0 Å². The smallest absolute Gasteiger partial charge is 0.257 e. The highest BCUT2D eigenvalue weighted by atomic mass is 16.2. The topological polar surface area (TPSA) is 36.4 Å². The van der Waals surface area contributed by atoms with Crippen molar-refractivity contribution < 1.29 is 4.79 Å². The molecule has 2 fully saturated rings. The Hall–Kier alpha value is -2.10. The number of carbonyl (C=O) groups is 1. The number of para-hydroxylation sites is 1. The zero-order valence-corrected chi connectivity index (χ0v) is 15.8. The summed E-state index contributed by atoms with van der Waals surface area (Å²) in [5.74, 6) is 1.02. The van der Waals surface area contributed by atoms with E-state index in [1.165, 1.54) is 38.5 Å². The molecule has 2 aliphatic rings. The van der Waals surface area contributed by atoms with Crippen LogP contribution in [0.15, 0.2) is 30.3 Å². The summed E-state index contributed by atoms with van der Waals surface area (Å²) in [5.41, 5.74) is 1.75. The third-order valence-corrected chi connectivity index (χ3v) is 6.03. The van der Waals surface area contributed by atoms with Gasteiger partial charge in [0.2, 0.25) is 0 Å². The number of pyridine rings is 1. The molecule has 4 nitrogen and oxygen atoms in total. The summed E-state index contributed by atoms with van der Waals surface area (Å²) in [6.07, 6.45) is 9.68. The number of benzene rings is 1. The fourth-order valence-electron chi connectivity index (χ4n) is 4.43. The number of hydrogen-bond acceptors (Lipinski definition) is 3. The lowest BCUT2D eigenvalue weighted by molar-refractivity contribution is 0.0718. The van der Waals surface area contributed by atoms with Gasteiger partial charge in [-0.05, 0) is 37.8 Å². The van der Waals surface area contributed by atoms with Crippen LogP contribution in [0.4, 0.5) is 5.82 Å². The zero-order valence-electron chi connectivity index (χ0n) is 15.8. The highest BCUT2D eigenvalue weighted by Crippen LogP contribution is 2.29. The number of fused-ring (bicyclic) bond motifs is 1. The van der Waals surface area contributed by atoms with Crippen molar-refractivity contribution in [1.82, 2.24) is 9.88 Å². The van der Waals surface area contributed by atoms with Gasteiger partial charge in [-0.1, -0.05) is 43.9 Å². The molecular weight excluding hydrogens is 322 g/mol. The van der Waals surface area contributed by atoms with Crippen LogP contribution < -0.4 is 4.90 Å². The Bertz CT molecular complexity index is 774. The van der Waals surface area contributed by atoms with Crippen molar-refractivity contribution in [3.8, 4) is 0 Å². The Labute approximate surface area is 156 Å². The third-order valence-electron chi connectivity index (χ3n) is 6.03. The van der Waals surface area contributed by atoms with Crippen LogP contribution in [0, 0.1) is 0 Å². The Morgan fingerprint density at radius 1 is 1.04 bits per heavy atom. The molecule has 26 heavy (non-hydrogen) atoms. The Morgan fingerprint density at radius 2 is 1.73 bits per heavy atom. The van der Waals surface area contributed by atoms with E-state index in [4.69, 9.17) is 4.98 Å². The highest BCUT2D eigenvalue weighted by molar-refractivity contribution is 6.02. The molecule has 0 unspecified atom stereocenters. The van der Waals surface area contributed by atoms with Gasteiger partial charge in [-0.25, -0.2) is 4.98 Å². The lowest BCUT2D eigenvalue weighted by Gasteiger charge is -2.29. The van der Waals surface area contributed by atoms with E-state index in [0.29, 0.717) is 6.04 Å². The number of rotatable bonds is 3. The summed E-state index contributed by atoms with van der Waals surface area (Å²) >= 11 is 0. The second-order valence-electron chi connectivity index (χ2n) is 7.81. The molecule has 138 valence electrons. The maximum absolute atomic E-state index is 13.4. The summed E-state index contributed by atoms with van der Waals surface area (Å²) in [6.45, 7) is 2.00. The highest BCUT2D eigenvalue weighted by Gasteiger charge is 2.27. The average molecular weight is 351 g/mol. The second kappa shape index (κ2) is 7.65. The van der Waals surface area contributed by atoms with Crippen molar-refractivity contribution in [3.63, 3.8) is 0 Å². The quantitative estimate of drug-likeness (QED) is 0.757. The minimum Gasteiger partial charge on any atom is -0.356 e. The van der Waals surface area contributed by atoms with Gasteiger partial charge in [0, 0.05) is 31.6 Å². The van der Waals surface area contributed by atoms with Crippen LogP contribution in [0.5, 0.6) is 0 Å². The molecule has 0 spiro atoms. The maximum Gasteiger partial charge on any atom is 0.257 e. The molecule has 2 heterocycles. The lowest BCUT2D eigenvalue weighted by Crippen LogP contribution is -2.38. The summed E-state index contributed by atoms with van der Waals surface area (Å²) in [7, 11) is 1.99. The van der Waals surface area contributed by atoms with Crippen LogP contribution in [0.1, 0.15) is 61.7 Å².